The Morgan fingerprint density at radius 1 is 0.897 bits per heavy atom. The van der Waals surface area contributed by atoms with Crippen molar-refractivity contribution in [3.63, 3.8) is 0 Å². The standard InChI is InChI=1S/C23H28N6/c1-2-15-29(16-3-1)17-5-11-25-22-10-14-26-23(28-22)27-21-7-4-6-20(18-21)19-8-12-24-13-9-19/h4,6-10,12-14,18H,1-3,5,11,15-17H2,(H2,25,26,27,28). The van der Waals surface area contributed by atoms with Gasteiger partial charge in [-0.25, -0.2) is 4.98 Å². The average Bonchev–Trinajstić information content (AvgIpc) is 2.79. The second-order valence-electron chi connectivity index (χ2n) is 7.39. The molecule has 1 saturated heterocycles. The predicted octanol–water partition coefficient (Wildman–Crippen LogP) is 4.57. The first kappa shape index (κ1) is 19.3. The summed E-state index contributed by atoms with van der Waals surface area (Å²) in [6.07, 6.45) is 10.6. The number of piperidine rings is 1. The van der Waals surface area contributed by atoms with Gasteiger partial charge in [-0.3, -0.25) is 4.98 Å². The summed E-state index contributed by atoms with van der Waals surface area (Å²) in [6, 6.07) is 14.2. The molecule has 0 saturated carbocycles. The maximum atomic E-state index is 4.60. The zero-order valence-corrected chi connectivity index (χ0v) is 16.7. The summed E-state index contributed by atoms with van der Waals surface area (Å²) in [4.78, 5) is 15.6. The minimum atomic E-state index is 0.595. The highest BCUT2D eigenvalue weighted by Crippen LogP contribution is 2.23. The molecule has 4 rings (SSSR count). The third-order valence-electron chi connectivity index (χ3n) is 5.19. The molecule has 1 aliphatic rings. The van der Waals surface area contributed by atoms with Gasteiger partial charge < -0.3 is 15.5 Å². The number of hydrogen-bond acceptors (Lipinski definition) is 6. The van der Waals surface area contributed by atoms with E-state index in [9.17, 15) is 0 Å². The van der Waals surface area contributed by atoms with Crippen molar-refractivity contribution in [2.75, 3.05) is 36.8 Å². The van der Waals surface area contributed by atoms with Gasteiger partial charge in [-0.1, -0.05) is 18.6 Å². The fraction of sp³-hybridized carbons (Fsp3) is 0.348. The second-order valence-corrected chi connectivity index (χ2v) is 7.39. The highest BCUT2D eigenvalue weighted by atomic mass is 15.1. The number of benzene rings is 1. The van der Waals surface area contributed by atoms with Gasteiger partial charge >= 0.3 is 0 Å². The fourth-order valence-electron chi connectivity index (χ4n) is 3.67. The van der Waals surface area contributed by atoms with Gasteiger partial charge in [0.15, 0.2) is 0 Å². The molecule has 2 aromatic heterocycles. The van der Waals surface area contributed by atoms with E-state index >= 15 is 0 Å². The summed E-state index contributed by atoms with van der Waals surface area (Å²) in [5, 5.41) is 6.73. The number of likely N-dealkylation sites (tertiary alicyclic amines) is 1. The van der Waals surface area contributed by atoms with Crippen LogP contribution in [0.15, 0.2) is 61.1 Å². The van der Waals surface area contributed by atoms with Crippen LogP contribution in [-0.2, 0) is 0 Å². The normalized spacial score (nSPS) is 14.5. The zero-order chi connectivity index (χ0) is 19.7. The number of hydrogen-bond donors (Lipinski definition) is 2. The molecule has 2 N–H and O–H groups in total. The highest BCUT2D eigenvalue weighted by molar-refractivity contribution is 5.69. The van der Waals surface area contributed by atoms with Gasteiger partial charge in [0.05, 0.1) is 0 Å². The Labute approximate surface area is 172 Å². The van der Waals surface area contributed by atoms with E-state index in [1.54, 1.807) is 18.6 Å². The molecule has 0 amide bonds. The Balaban J connectivity index is 1.32. The first-order chi connectivity index (χ1) is 14.4. The molecule has 0 radical (unpaired) electrons. The van der Waals surface area contributed by atoms with Crippen LogP contribution >= 0.6 is 0 Å². The van der Waals surface area contributed by atoms with Gasteiger partial charge in [-0.05, 0) is 80.4 Å². The van der Waals surface area contributed by atoms with Crippen molar-refractivity contribution in [2.24, 2.45) is 0 Å². The lowest BCUT2D eigenvalue weighted by Gasteiger charge is -2.26. The summed E-state index contributed by atoms with van der Waals surface area (Å²) >= 11 is 0. The van der Waals surface area contributed by atoms with Gasteiger partial charge in [0.25, 0.3) is 0 Å². The molecule has 3 heterocycles. The number of anilines is 3. The molecule has 150 valence electrons. The third-order valence-corrected chi connectivity index (χ3v) is 5.19. The van der Waals surface area contributed by atoms with Crippen LogP contribution in [0.3, 0.4) is 0 Å². The number of pyridine rings is 1. The van der Waals surface area contributed by atoms with E-state index in [4.69, 9.17) is 0 Å². The van der Waals surface area contributed by atoms with Crippen molar-refractivity contribution in [3.8, 4) is 11.1 Å². The summed E-state index contributed by atoms with van der Waals surface area (Å²) in [7, 11) is 0. The lowest BCUT2D eigenvalue weighted by atomic mass is 10.1. The van der Waals surface area contributed by atoms with E-state index in [0.29, 0.717) is 5.95 Å². The molecule has 0 bridgehead atoms. The number of nitrogens with zero attached hydrogens (tertiary/aromatic N) is 4. The Hall–Kier alpha value is -2.99. The van der Waals surface area contributed by atoms with Crippen LogP contribution in [0.1, 0.15) is 25.7 Å². The largest absolute Gasteiger partial charge is 0.370 e. The first-order valence-corrected chi connectivity index (χ1v) is 10.4. The van der Waals surface area contributed by atoms with Crippen LogP contribution in [-0.4, -0.2) is 46.0 Å². The predicted molar refractivity (Wildman–Crippen MR) is 118 cm³/mol. The number of nitrogens with one attached hydrogen (secondary N) is 2. The summed E-state index contributed by atoms with van der Waals surface area (Å²) in [5.74, 6) is 1.45. The van der Waals surface area contributed by atoms with Gasteiger partial charge in [-0.2, -0.15) is 4.98 Å². The molecule has 3 aromatic rings. The van der Waals surface area contributed by atoms with Crippen molar-refractivity contribution >= 4 is 17.5 Å². The molecule has 29 heavy (non-hydrogen) atoms. The SMILES string of the molecule is c1cc(Nc2nccc(NCCCN3CCCCC3)n2)cc(-c2ccncc2)c1. The quantitative estimate of drug-likeness (QED) is 0.551. The minimum Gasteiger partial charge on any atom is -0.370 e. The molecule has 1 aliphatic heterocycles. The monoisotopic (exact) mass is 388 g/mol. The van der Waals surface area contributed by atoms with Crippen molar-refractivity contribution in [2.45, 2.75) is 25.7 Å². The average molecular weight is 389 g/mol. The van der Waals surface area contributed by atoms with Crippen LogP contribution in [0.4, 0.5) is 17.5 Å². The molecule has 0 aliphatic carbocycles. The smallest absolute Gasteiger partial charge is 0.229 e. The number of rotatable bonds is 8. The Morgan fingerprint density at radius 3 is 2.62 bits per heavy atom. The minimum absolute atomic E-state index is 0.595. The molecule has 0 unspecified atom stereocenters. The van der Waals surface area contributed by atoms with E-state index in [2.05, 4.69) is 42.6 Å². The molecular formula is C23H28N6. The lowest BCUT2D eigenvalue weighted by molar-refractivity contribution is 0.228. The summed E-state index contributed by atoms with van der Waals surface area (Å²) in [5.41, 5.74) is 3.22. The van der Waals surface area contributed by atoms with Gasteiger partial charge in [-0.15, -0.1) is 0 Å². The van der Waals surface area contributed by atoms with E-state index in [1.165, 1.54) is 32.4 Å². The molecule has 6 heteroatoms. The topological polar surface area (TPSA) is 66.0 Å². The highest BCUT2D eigenvalue weighted by Gasteiger charge is 2.09. The van der Waals surface area contributed by atoms with Gasteiger partial charge in [0.1, 0.15) is 5.82 Å². The van der Waals surface area contributed by atoms with Crippen LogP contribution in [0.25, 0.3) is 11.1 Å². The molecule has 0 spiro atoms. The van der Waals surface area contributed by atoms with E-state index < -0.39 is 0 Å². The van der Waals surface area contributed by atoms with Crippen LogP contribution in [0.5, 0.6) is 0 Å². The third kappa shape index (κ3) is 5.74. The van der Waals surface area contributed by atoms with Gasteiger partial charge in [0, 0.05) is 30.8 Å². The molecule has 1 fully saturated rings. The maximum absolute atomic E-state index is 4.60. The van der Waals surface area contributed by atoms with Crippen molar-refractivity contribution in [1.29, 1.82) is 0 Å². The van der Waals surface area contributed by atoms with E-state index in [0.717, 1.165) is 42.1 Å². The zero-order valence-electron chi connectivity index (χ0n) is 16.7. The summed E-state index contributed by atoms with van der Waals surface area (Å²) < 4.78 is 0. The first-order valence-electron chi connectivity index (χ1n) is 10.4. The molecule has 6 nitrogen and oxygen atoms in total. The fourth-order valence-corrected chi connectivity index (χ4v) is 3.67. The van der Waals surface area contributed by atoms with Crippen molar-refractivity contribution < 1.29 is 0 Å². The number of aromatic nitrogens is 3. The van der Waals surface area contributed by atoms with E-state index in [-0.39, 0.29) is 0 Å². The maximum Gasteiger partial charge on any atom is 0.229 e. The van der Waals surface area contributed by atoms with Crippen molar-refractivity contribution in [1.82, 2.24) is 19.9 Å². The lowest BCUT2D eigenvalue weighted by Crippen LogP contribution is -2.31. The Morgan fingerprint density at radius 2 is 1.76 bits per heavy atom. The van der Waals surface area contributed by atoms with Crippen LogP contribution < -0.4 is 10.6 Å². The van der Waals surface area contributed by atoms with E-state index in [1.807, 2.05) is 30.3 Å². The van der Waals surface area contributed by atoms with Crippen molar-refractivity contribution in [3.05, 3.63) is 61.1 Å². The molecule has 0 atom stereocenters. The summed E-state index contributed by atoms with van der Waals surface area (Å²) in [6.45, 7) is 4.58. The second kappa shape index (κ2) is 9.98. The van der Waals surface area contributed by atoms with Gasteiger partial charge in [0.2, 0.25) is 5.95 Å². The molecular weight excluding hydrogens is 360 g/mol. The van der Waals surface area contributed by atoms with Crippen LogP contribution in [0.2, 0.25) is 0 Å². The Kier molecular flexibility index (Phi) is 6.65. The molecule has 1 aromatic carbocycles. The Bertz CT molecular complexity index is 893. The van der Waals surface area contributed by atoms with Crippen LogP contribution in [0, 0.1) is 0 Å².